The monoisotopic (exact) mass is 160 g/mol. The Morgan fingerprint density at radius 1 is 1.27 bits per heavy atom. The van der Waals surface area contributed by atoms with Crippen molar-refractivity contribution in [3.63, 3.8) is 0 Å². The molecular formula is C7H12O4. The Morgan fingerprint density at radius 3 is 2.36 bits per heavy atom. The van der Waals surface area contributed by atoms with Crippen LogP contribution < -0.4 is 0 Å². The van der Waals surface area contributed by atoms with Gasteiger partial charge in [-0.25, -0.2) is 0 Å². The molecule has 0 fully saturated rings. The molecule has 0 saturated heterocycles. The predicted octanol–water partition coefficient (Wildman–Crippen LogP) is 0.457. The summed E-state index contributed by atoms with van der Waals surface area (Å²) in [5, 5.41) is 8.20. The standard InChI is InChI=1S/C7H12O4/c1-11-5-4-6(8)2-3-7(9)10/h2-5H2,1H3,(H,9,10). The third-order valence-corrected chi connectivity index (χ3v) is 1.20. The first-order valence-corrected chi connectivity index (χ1v) is 3.39. The van der Waals surface area contributed by atoms with Gasteiger partial charge in [0.05, 0.1) is 13.0 Å². The Bertz CT molecular complexity index is 141. The van der Waals surface area contributed by atoms with Gasteiger partial charge in [-0.3, -0.25) is 9.59 Å². The van der Waals surface area contributed by atoms with E-state index in [9.17, 15) is 9.59 Å². The summed E-state index contributed by atoms with van der Waals surface area (Å²) in [6, 6.07) is 0. The number of methoxy groups -OCH3 is 1. The third kappa shape index (κ3) is 6.99. The molecule has 1 N–H and O–H groups in total. The number of Topliss-reactive ketones (excluding diaryl/α,β-unsaturated/α-hetero) is 1. The van der Waals surface area contributed by atoms with Gasteiger partial charge in [-0.05, 0) is 0 Å². The van der Waals surface area contributed by atoms with Gasteiger partial charge in [0.2, 0.25) is 0 Å². The lowest BCUT2D eigenvalue weighted by Gasteiger charge is -1.96. The van der Waals surface area contributed by atoms with Gasteiger partial charge >= 0.3 is 5.97 Å². The van der Waals surface area contributed by atoms with Crippen molar-refractivity contribution in [3.05, 3.63) is 0 Å². The van der Waals surface area contributed by atoms with Crippen LogP contribution in [0.5, 0.6) is 0 Å². The summed E-state index contributed by atoms with van der Waals surface area (Å²) in [5.74, 6) is -0.995. The summed E-state index contributed by atoms with van der Waals surface area (Å²) in [4.78, 5) is 20.8. The number of carbonyl (C=O) groups is 2. The lowest BCUT2D eigenvalue weighted by molar-refractivity contribution is -0.138. The van der Waals surface area contributed by atoms with Gasteiger partial charge in [0.25, 0.3) is 0 Å². The number of rotatable bonds is 6. The van der Waals surface area contributed by atoms with E-state index >= 15 is 0 Å². The summed E-state index contributed by atoms with van der Waals surface area (Å²) in [6.07, 6.45) is 0.338. The van der Waals surface area contributed by atoms with Gasteiger partial charge in [0.1, 0.15) is 5.78 Å². The van der Waals surface area contributed by atoms with Crippen LogP contribution >= 0.6 is 0 Å². The van der Waals surface area contributed by atoms with Crippen LogP contribution in [0.15, 0.2) is 0 Å². The van der Waals surface area contributed by atoms with Crippen LogP contribution in [-0.4, -0.2) is 30.6 Å². The van der Waals surface area contributed by atoms with Crippen molar-refractivity contribution in [2.45, 2.75) is 19.3 Å². The van der Waals surface area contributed by atoms with Crippen molar-refractivity contribution in [2.75, 3.05) is 13.7 Å². The molecule has 0 aliphatic rings. The molecule has 0 radical (unpaired) electrons. The van der Waals surface area contributed by atoms with Gasteiger partial charge < -0.3 is 9.84 Å². The Labute approximate surface area is 65.2 Å². The predicted molar refractivity (Wildman–Crippen MR) is 38.4 cm³/mol. The van der Waals surface area contributed by atoms with E-state index in [2.05, 4.69) is 4.74 Å². The first kappa shape index (κ1) is 10.1. The van der Waals surface area contributed by atoms with Crippen LogP contribution in [0.3, 0.4) is 0 Å². The maximum Gasteiger partial charge on any atom is 0.303 e. The average molecular weight is 160 g/mol. The zero-order chi connectivity index (χ0) is 8.69. The fourth-order valence-electron chi connectivity index (χ4n) is 0.587. The molecule has 0 amide bonds. The number of hydrogen-bond donors (Lipinski definition) is 1. The van der Waals surface area contributed by atoms with Crippen molar-refractivity contribution < 1.29 is 19.4 Å². The second-order valence-electron chi connectivity index (χ2n) is 2.18. The molecule has 4 heteroatoms. The fraction of sp³-hybridized carbons (Fsp3) is 0.714. The Kier molecular flexibility index (Phi) is 5.37. The molecule has 4 nitrogen and oxygen atoms in total. The Morgan fingerprint density at radius 2 is 1.91 bits per heavy atom. The largest absolute Gasteiger partial charge is 0.481 e. The molecule has 0 rings (SSSR count). The number of ketones is 1. The number of carboxylic acid groups (broad SMARTS) is 1. The van der Waals surface area contributed by atoms with Gasteiger partial charge in [0.15, 0.2) is 0 Å². The first-order chi connectivity index (χ1) is 5.16. The van der Waals surface area contributed by atoms with Crippen LogP contribution in [0.1, 0.15) is 19.3 Å². The average Bonchev–Trinajstić information content (AvgIpc) is 1.97. The lowest BCUT2D eigenvalue weighted by atomic mass is 10.2. The minimum Gasteiger partial charge on any atom is -0.481 e. The summed E-state index contributed by atoms with van der Waals surface area (Å²) in [6.45, 7) is 0.373. The zero-order valence-electron chi connectivity index (χ0n) is 6.50. The highest BCUT2D eigenvalue weighted by atomic mass is 16.5. The van der Waals surface area contributed by atoms with Crippen LogP contribution in [-0.2, 0) is 14.3 Å². The second kappa shape index (κ2) is 5.85. The fourth-order valence-corrected chi connectivity index (χ4v) is 0.587. The van der Waals surface area contributed by atoms with Crippen LogP contribution in [0.25, 0.3) is 0 Å². The number of ether oxygens (including phenoxy) is 1. The molecule has 0 unspecified atom stereocenters. The molecule has 0 aliphatic heterocycles. The number of aliphatic carboxylic acids is 1. The number of hydrogen-bond acceptors (Lipinski definition) is 3. The van der Waals surface area contributed by atoms with Crippen molar-refractivity contribution in [2.24, 2.45) is 0 Å². The molecule has 0 saturated carbocycles. The smallest absolute Gasteiger partial charge is 0.303 e. The van der Waals surface area contributed by atoms with Gasteiger partial charge in [0, 0.05) is 20.0 Å². The van der Waals surface area contributed by atoms with Crippen molar-refractivity contribution in [3.8, 4) is 0 Å². The molecule has 0 heterocycles. The molecule has 0 atom stereocenters. The maximum absolute atomic E-state index is 10.8. The number of carboxylic acids is 1. The molecule has 11 heavy (non-hydrogen) atoms. The quantitative estimate of drug-likeness (QED) is 0.613. The van der Waals surface area contributed by atoms with Crippen molar-refractivity contribution >= 4 is 11.8 Å². The summed E-state index contributed by atoms with van der Waals surface area (Å²) < 4.78 is 4.65. The molecule has 0 aromatic heterocycles. The highest BCUT2D eigenvalue weighted by Gasteiger charge is 2.04. The molecule has 0 spiro atoms. The van der Waals surface area contributed by atoms with E-state index < -0.39 is 5.97 Å². The Hall–Kier alpha value is -0.900. The third-order valence-electron chi connectivity index (χ3n) is 1.20. The molecule has 64 valence electrons. The summed E-state index contributed by atoms with van der Waals surface area (Å²) in [5.41, 5.74) is 0. The minimum absolute atomic E-state index is 0.0609. The highest BCUT2D eigenvalue weighted by Crippen LogP contribution is 1.94. The van der Waals surface area contributed by atoms with Gasteiger partial charge in [-0.1, -0.05) is 0 Å². The molecular weight excluding hydrogens is 148 g/mol. The normalized spacial score (nSPS) is 9.55. The topological polar surface area (TPSA) is 63.6 Å². The van der Waals surface area contributed by atoms with E-state index in [0.29, 0.717) is 13.0 Å². The SMILES string of the molecule is COCCC(=O)CCC(=O)O. The van der Waals surface area contributed by atoms with E-state index in [0.717, 1.165) is 0 Å². The van der Waals surface area contributed by atoms with E-state index in [-0.39, 0.29) is 18.6 Å². The van der Waals surface area contributed by atoms with Gasteiger partial charge in [-0.2, -0.15) is 0 Å². The summed E-state index contributed by atoms with van der Waals surface area (Å²) >= 11 is 0. The van der Waals surface area contributed by atoms with E-state index in [1.165, 1.54) is 7.11 Å². The summed E-state index contributed by atoms with van der Waals surface area (Å²) in [7, 11) is 1.50. The van der Waals surface area contributed by atoms with Crippen LogP contribution in [0.2, 0.25) is 0 Å². The molecule has 0 aromatic carbocycles. The molecule has 0 bridgehead atoms. The molecule has 0 aromatic rings. The Balaban J connectivity index is 3.30. The highest BCUT2D eigenvalue weighted by molar-refractivity contribution is 5.82. The van der Waals surface area contributed by atoms with Crippen LogP contribution in [0.4, 0.5) is 0 Å². The van der Waals surface area contributed by atoms with E-state index in [1.807, 2.05) is 0 Å². The van der Waals surface area contributed by atoms with E-state index in [1.54, 1.807) is 0 Å². The van der Waals surface area contributed by atoms with Crippen LogP contribution in [0, 0.1) is 0 Å². The number of carbonyl (C=O) groups excluding carboxylic acids is 1. The minimum atomic E-state index is -0.934. The van der Waals surface area contributed by atoms with Crippen molar-refractivity contribution in [1.29, 1.82) is 0 Å². The van der Waals surface area contributed by atoms with E-state index in [4.69, 9.17) is 5.11 Å². The van der Waals surface area contributed by atoms with Gasteiger partial charge in [-0.15, -0.1) is 0 Å². The zero-order valence-corrected chi connectivity index (χ0v) is 6.50. The maximum atomic E-state index is 10.8. The second-order valence-corrected chi connectivity index (χ2v) is 2.18. The van der Waals surface area contributed by atoms with Crippen molar-refractivity contribution in [1.82, 2.24) is 0 Å². The lowest BCUT2D eigenvalue weighted by Crippen LogP contribution is -2.05. The first-order valence-electron chi connectivity index (χ1n) is 3.39. The molecule has 0 aliphatic carbocycles.